The molecular weight excluding hydrogens is 388 g/mol. The van der Waals surface area contributed by atoms with Gasteiger partial charge in [-0.3, -0.25) is 14.2 Å². The van der Waals surface area contributed by atoms with Gasteiger partial charge in [-0.1, -0.05) is 30.3 Å². The summed E-state index contributed by atoms with van der Waals surface area (Å²) in [4.78, 5) is 34.3. The molecule has 0 aliphatic carbocycles. The Labute approximate surface area is 180 Å². The summed E-state index contributed by atoms with van der Waals surface area (Å²) < 4.78 is 1.61. The van der Waals surface area contributed by atoms with Gasteiger partial charge in [0, 0.05) is 30.4 Å². The smallest absolute Gasteiger partial charge is 0.278 e. The van der Waals surface area contributed by atoms with Crippen molar-refractivity contribution in [3.8, 4) is 11.3 Å². The third-order valence-electron chi connectivity index (χ3n) is 5.46. The van der Waals surface area contributed by atoms with Crippen LogP contribution in [0.5, 0.6) is 0 Å². The lowest BCUT2D eigenvalue weighted by Gasteiger charge is -2.10. The zero-order chi connectivity index (χ0) is 22.0. The summed E-state index contributed by atoms with van der Waals surface area (Å²) in [7, 11) is 0. The van der Waals surface area contributed by atoms with Crippen molar-refractivity contribution in [1.29, 1.82) is 0 Å². The summed E-state index contributed by atoms with van der Waals surface area (Å²) in [5.41, 5.74) is 6.08. The van der Waals surface area contributed by atoms with E-state index in [4.69, 9.17) is 0 Å². The molecule has 0 spiro atoms. The first kappa shape index (κ1) is 20.5. The fourth-order valence-corrected chi connectivity index (χ4v) is 3.53. The Hall–Kier alpha value is -3.80. The van der Waals surface area contributed by atoms with Gasteiger partial charge in [0.25, 0.3) is 11.5 Å². The zero-order valence-corrected chi connectivity index (χ0v) is 17.8. The highest BCUT2D eigenvalue weighted by molar-refractivity contribution is 5.94. The Morgan fingerprint density at radius 1 is 1.03 bits per heavy atom. The minimum atomic E-state index is -0.194. The molecule has 0 saturated heterocycles. The van der Waals surface area contributed by atoms with Crippen LogP contribution < -0.4 is 10.9 Å². The minimum Gasteiger partial charge on any atom is -0.348 e. The van der Waals surface area contributed by atoms with Crippen LogP contribution in [-0.4, -0.2) is 20.4 Å². The number of aromatic nitrogens is 3. The Morgan fingerprint density at radius 3 is 2.52 bits per heavy atom. The number of nitrogens with one attached hydrogen (secondary N) is 1. The monoisotopic (exact) mass is 412 g/mol. The first-order valence-electron chi connectivity index (χ1n) is 10.3. The molecular formula is C25H24N4O2. The Kier molecular flexibility index (Phi) is 5.62. The van der Waals surface area contributed by atoms with Crippen molar-refractivity contribution in [2.24, 2.45) is 0 Å². The normalized spacial score (nSPS) is 10.9. The molecule has 1 amide bonds. The van der Waals surface area contributed by atoms with E-state index in [1.54, 1.807) is 41.1 Å². The Balaban J connectivity index is 1.57. The number of nitrogens with zero attached hydrogens (tertiary/aromatic N) is 3. The summed E-state index contributed by atoms with van der Waals surface area (Å²) in [6, 6.07) is 16.8. The maximum Gasteiger partial charge on any atom is 0.278 e. The Morgan fingerprint density at radius 2 is 1.81 bits per heavy atom. The molecule has 0 radical (unpaired) electrons. The van der Waals surface area contributed by atoms with Crippen LogP contribution >= 0.6 is 0 Å². The maximum atomic E-state index is 12.9. The van der Waals surface area contributed by atoms with Crippen LogP contribution in [0.2, 0.25) is 0 Å². The largest absolute Gasteiger partial charge is 0.348 e. The summed E-state index contributed by atoms with van der Waals surface area (Å²) in [5, 5.41) is 2.95. The molecule has 2 aromatic heterocycles. The van der Waals surface area contributed by atoms with Gasteiger partial charge < -0.3 is 5.32 Å². The van der Waals surface area contributed by atoms with Gasteiger partial charge in [-0.2, -0.15) is 0 Å². The third kappa shape index (κ3) is 4.10. The molecule has 2 aromatic carbocycles. The summed E-state index contributed by atoms with van der Waals surface area (Å²) in [6.45, 7) is 6.99. The van der Waals surface area contributed by atoms with Crippen molar-refractivity contribution in [3.05, 3.63) is 93.4 Å². The van der Waals surface area contributed by atoms with E-state index in [-0.39, 0.29) is 11.5 Å². The van der Waals surface area contributed by atoms with Crippen LogP contribution in [0.4, 0.5) is 0 Å². The molecule has 1 N–H and O–H groups in total. The third-order valence-corrected chi connectivity index (χ3v) is 5.46. The van der Waals surface area contributed by atoms with Crippen molar-refractivity contribution < 1.29 is 4.79 Å². The van der Waals surface area contributed by atoms with Crippen LogP contribution in [0.25, 0.3) is 22.4 Å². The van der Waals surface area contributed by atoms with Crippen molar-refractivity contribution in [2.75, 3.05) is 0 Å². The van der Waals surface area contributed by atoms with Gasteiger partial charge in [-0.15, -0.1) is 0 Å². The Bertz CT molecular complexity index is 1320. The molecule has 6 nitrogen and oxygen atoms in total. The van der Waals surface area contributed by atoms with E-state index in [0.717, 1.165) is 5.56 Å². The molecule has 0 aliphatic heterocycles. The van der Waals surface area contributed by atoms with E-state index >= 15 is 0 Å². The summed E-state index contributed by atoms with van der Waals surface area (Å²) in [5.74, 6) is -0.161. The molecule has 156 valence electrons. The van der Waals surface area contributed by atoms with Gasteiger partial charge in [-0.05, 0) is 61.7 Å². The quantitative estimate of drug-likeness (QED) is 0.537. The fourth-order valence-electron chi connectivity index (χ4n) is 3.53. The number of carbonyl (C=O) groups excluding carboxylic acids is 1. The average molecular weight is 412 g/mol. The molecule has 4 rings (SSSR count). The van der Waals surface area contributed by atoms with Crippen molar-refractivity contribution in [2.45, 2.75) is 33.9 Å². The van der Waals surface area contributed by atoms with Gasteiger partial charge in [0.05, 0.1) is 0 Å². The van der Waals surface area contributed by atoms with E-state index in [2.05, 4.69) is 41.3 Å². The fraction of sp³-hybridized carbons (Fsp3) is 0.200. The van der Waals surface area contributed by atoms with Crippen LogP contribution in [0, 0.1) is 13.8 Å². The second kappa shape index (κ2) is 8.52. The lowest BCUT2D eigenvalue weighted by atomic mass is 10.1. The first-order valence-corrected chi connectivity index (χ1v) is 10.3. The van der Waals surface area contributed by atoms with E-state index < -0.39 is 0 Å². The number of aryl methyl sites for hydroxylation is 3. The van der Waals surface area contributed by atoms with Gasteiger partial charge in [-0.25, -0.2) is 9.97 Å². The van der Waals surface area contributed by atoms with Crippen LogP contribution in [0.1, 0.15) is 34.0 Å². The number of hydrogen-bond acceptors (Lipinski definition) is 4. The van der Waals surface area contributed by atoms with E-state index in [1.807, 2.05) is 19.1 Å². The highest BCUT2D eigenvalue weighted by atomic mass is 16.1. The van der Waals surface area contributed by atoms with Crippen LogP contribution in [0.3, 0.4) is 0 Å². The molecule has 4 aromatic rings. The number of rotatable bonds is 5. The highest BCUT2D eigenvalue weighted by Crippen LogP contribution is 2.18. The van der Waals surface area contributed by atoms with Gasteiger partial charge in [0.15, 0.2) is 5.65 Å². The lowest BCUT2D eigenvalue weighted by Crippen LogP contribution is -2.24. The first-order chi connectivity index (χ1) is 15.0. The second-order valence-electron chi connectivity index (χ2n) is 7.53. The molecule has 0 fully saturated rings. The minimum absolute atomic E-state index is 0.161. The van der Waals surface area contributed by atoms with Crippen molar-refractivity contribution in [1.82, 2.24) is 19.9 Å². The molecule has 0 bridgehead atoms. The van der Waals surface area contributed by atoms with Crippen molar-refractivity contribution >= 4 is 17.1 Å². The van der Waals surface area contributed by atoms with Gasteiger partial charge in [0.2, 0.25) is 0 Å². The van der Waals surface area contributed by atoms with Crippen molar-refractivity contribution in [3.63, 3.8) is 0 Å². The standard InChI is InChI=1S/C25H24N4O2/c1-4-29-23-21(6-5-13-26-23)28-22(25(29)31)19-9-11-20(12-10-19)24(30)27-15-18-8-7-16(2)17(3)14-18/h5-14H,4,15H2,1-3H3,(H,27,30). The maximum absolute atomic E-state index is 12.9. The molecule has 0 unspecified atom stereocenters. The lowest BCUT2D eigenvalue weighted by molar-refractivity contribution is 0.0951. The van der Waals surface area contributed by atoms with Crippen LogP contribution in [-0.2, 0) is 13.1 Å². The predicted octanol–water partition coefficient (Wildman–Crippen LogP) is 4.03. The molecule has 2 heterocycles. The number of carbonyl (C=O) groups is 1. The highest BCUT2D eigenvalue weighted by Gasteiger charge is 2.13. The molecule has 6 heteroatoms. The van der Waals surface area contributed by atoms with Gasteiger partial charge in [0.1, 0.15) is 11.2 Å². The molecule has 0 aliphatic rings. The van der Waals surface area contributed by atoms with Crippen LogP contribution in [0.15, 0.2) is 65.6 Å². The topological polar surface area (TPSA) is 76.9 Å². The average Bonchev–Trinajstić information content (AvgIpc) is 2.79. The zero-order valence-electron chi connectivity index (χ0n) is 17.8. The molecule has 31 heavy (non-hydrogen) atoms. The molecule has 0 saturated carbocycles. The summed E-state index contributed by atoms with van der Waals surface area (Å²) >= 11 is 0. The predicted molar refractivity (Wildman–Crippen MR) is 122 cm³/mol. The molecule has 0 atom stereocenters. The number of hydrogen-bond donors (Lipinski definition) is 1. The van der Waals surface area contributed by atoms with E-state index in [0.29, 0.717) is 41.1 Å². The number of pyridine rings is 1. The van der Waals surface area contributed by atoms with Gasteiger partial charge >= 0.3 is 0 Å². The number of fused-ring (bicyclic) bond motifs is 1. The second-order valence-corrected chi connectivity index (χ2v) is 7.53. The summed E-state index contributed by atoms with van der Waals surface area (Å²) in [6.07, 6.45) is 1.65. The number of amides is 1. The SMILES string of the molecule is CCn1c(=O)c(-c2ccc(C(=O)NCc3ccc(C)c(C)c3)cc2)nc2cccnc21. The van der Waals surface area contributed by atoms with E-state index in [1.165, 1.54) is 11.1 Å². The number of benzene rings is 2. The van der Waals surface area contributed by atoms with E-state index in [9.17, 15) is 9.59 Å².